The van der Waals surface area contributed by atoms with E-state index in [1.165, 1.54) is 12.8 Å². The third kappa shape index (κ3) is 0.934. The van der Waals surface area contributed by atoms with Crippen molar-refractivity contribution in [3.63, 3.8) is 0 Å². The lowest BCUT2D eigenvalue weighted by atomic mass is 10.0. The molecular weight excluding hydrogens is 116 g/mol. The highest BCUT2D eigenvalue weighted by molar-refractivity contribution is 5.71. The molecule has 0 aromatic carbocycles. The molecule has 1 aliphatic carbocycles. The highest BCUT2D eigenvalue weighted by atomic mass is 16.5. The standard InChI is InChI=1S/C7H10O2/c8-7-3-6(4-9-7)5-1-2-5/h5-6H,1-4H2. The predicted molar refractivity (Wildman–Crippen MR) is 31.8 cm³/mol. The minimum absolute atomic E-state index is 0.00639. The summed E-state index contributed by atoms with van der Waals surface area (Å²) in [6.07, 6.45) is 3.33. The van der Waals surface area contributed by atoms with Gasteiger partial charge in [-0.15, -0.1) is 0 Å². The average Bonchev–Trinajstić information content (AvgIpc) is 2.58. The van der Waals surface area contributed by atoms with E-state index in [1.54, 1.807) is 0 Å². The van der Waals surface area contributed by atoms with E-state index in [-0.39, 0.29) is 5.97 Å². The lowest BCUT2D eigenvalue weighted by molar-refractivity contribution is -0.137. The molecular formula is C7H10O2. The van der Waals surface area contributed by atoms with Gasteiger partial charge in [0, 0.05) is 5.92 Å². The van der Waals surface area contributed by atoms with Gasteiger partial charge in [-0.2, -0.15) is 0 Å². The van der Waals surface area contributed by atoms with Gasteiger partial charge in [0.2, 0.25) is 0 Å². The Morgan fingerprint density at radius 2 is 2.11 bits per heavy atom. The van der Waals surface area contributed by atoms with Crippen LogP contribution in [0.25, 0.3) is 0 Å². The second-order valence-corrected chi connectivity index (χ2v) is 2.98. The quantitative estimate of drug-likeness (QED) is 0.489. The van der Waals surface area contributed by atoms with Gasteiger partial charge in [-0.05, 0) is 18.8 Å². The first kappa shape index (κ1) is 5.27. The van der Waals surface area contributed by atoms with Crippen molar-refractivity contribution in [2.24, 2.45) is 11.8 Å². The molecule has 2 fully saturated rings. The van der Waals surface area contributed by atoms with E-state index in [1.807, 2.05) is 0 Å². The predicted octanol–water partition coefficient (Wildman–Crippen LogP) is 0.960. The summed E-state index contributed by atoms with van der Waals surface area (Å²) in [5, 5.41) is 0. The molecule has 2 rings (SSSR count). The van der Waals surface area contributed by atoms with Crippen molar-refractivity contribution >= 4 is 5.97 Å². The van der Waals surface area contributed by atoms with E-state index in [9.17, 15) is 4.79 Å². The van der Waals surface area contributed by atoms with Crippen molar-refractivity contribution in [1.82, 2.24) is 0 Å². The zero-order valence-electron chi connectivity index (χ0n) is 5.30. The van der Waals surface area contributed by atoms with Crippen molar-refractivity contribution in [2.75, 3.05) is 6.61 Å². The lowest BCUT2D eigenvalue weighted by Gasteiger charge is -1.98. The third-order valence-electron chi connectivity index (χ3n) is 2.18. The highest BCUT2D eigenvalue weighted by Crippen LogP contribution is 2.40. The molecule has 0 spiro atoms. The number of rotatable bonds is 1. The Balaban J connectivity index is 1.92. The molecule has 1 atom stereocenters. The number of carbonyl (C=O) groups excluding carboxylic acids is 1. The summed E-state index contributed by atoms with van der Waals surface area (Å²) in [5.41, 5.74) is 0. The van der Waals surface area contributed by atoms with Gasteiger partial charge >= 0.3 is 5.97 Å². The molecule has 0 bridgehead atoms. The minimum atomic E-state index is 0.00639. The second kappa shape index (κ2) is 1.72. The van der Waals surface area contributed by atoms with Crippen LogP contribution in [-0.2, 0) is 9.53 Å². The molecule has 1 unspecified atom stereocenters. The van der Waals surface area contributed by atoms with Crippen molar-refractivity contribution in [1.29, 1.82) is 0 Å². The molecule has 1 heterocycles. The van der Waals surface area contributed by atoms with Crippen LogP contribution in [0.4, 0.5) is 0 Å². The maximum absolute atomic E-state index is 10.6. The highest BCUT2D eigenvalue weighted by Gasteiger charge is 2.37. The Bertz CT molecular complexity index is 138. The van der Waals surface area contributed by atoms with E-state index >= 15 is 0 Å². The first-order valence-corrected chi connectivity index (χ1v) is 3.52. The van der Waals surface area contributed by atoms with Crippen molar-refractivity contribution < 1.29 is 9.53 Å². The summed E-state index contributed by atoms with van der Waals surface area (Å²) in [6.45, 7) is 0.698. The first-order valence-electron chi connectivity index (χ1n) is 3.52. The van der Waals surface area contributed by atoms with Crippen molar-refractivity contribution in [3.05, 3.63) is 0 Å². The van der Waals surface area contributed by atoms with Gasteiger partial charge in [0.15, 0.2) is 0 Å². The summed E-state index contributed by atoms with van der Waals surface area (Å²) >= 11 is 0. The first-order chi connectivity index (χ1) is 4.36. The van der Waals surface area contributed by atoms with E-state index in [4.69, 9.17) is 4.74 Å². The van der Waals surface area contributed by atoms with Crippen LogP contribution in [0.3, 0.4) is 0 Å². The van der Waals surface area contributed by atoms with Crippen LogP contribution in [-0.4, -0.2) is 12.6 Å². The molecule has 0 amide bonds. The number of carbonyl (C=O) groups is 1. The van der Waals surface area contributed by atoms with Crippen LogP contribution < -0.4 is 0 Å². The van der Waals surface area contributed by atoms with Crippen LogP contribution in [0.5, 0.6) is 0 Å². The summed E-state index contributed by atoms with van der Waals surface area (Å²) in [6, 6.07) is 0. The molecule has 50 valence electrons. The normalized spacial score (nSPS) is 34.7. The van der Waals surface area contributed by atoms with E-state index in [2.05, 4.69) is 0 Å². The Labute approximate surface area is 54.2 Å². The zero-order valence-corrected chi connectivity index (χ0v) is 5.30. The van der Waals surface area contributed by atoms with Crippen LogP contribution >= 0.6 is 0 Å². The number of esters is 1. The summed E-state index contributed by atoms with van der Waals surface area (Å²) < 4.78 is 4.83. The Morgan fingerprint density at radius 1 is 1.33 bits per heavy atom. The topological polar surface area (TPSA) is 26.3 Å². The van der Waals surface area contributed by atoms with E-state index < -0.39 is 0 Å². The maximum atomic E-state index is 10.6. The number of hydrogen-bond acceptors (Lipinski definition) is 2. The van der Waals surface area contributed by atoms with Gasteiger partial charge in [-0.3, -0.25) is 4.79 Å². The van der Waals surface area contributed by atoms with Gasteiger partial charge in [0.05, 0.1) is 13.0 Å². The minimum Gasteiger partial charge on any atom is -0.465 e. The molecule has 0 N–H and O–H groups in total. The summed E-state index contributed by atoms with van der Waals surface area (Å²) in [7, 11) is 0. The summed E-state index contributed by atoms with van der Waals surface area (Å²) in [4.78, 5) is 10.6. The molecule has 0 radical (unpaired) electrons. The van der Waals surface area contributed by atoms with Crippen LogP contribution in [0.15, 0.2) is 0 Å². The molecule has 0 aromatic rings. The van der Waals surface area contributed by atoms with E-state index in [0.717, 1.165) is 5.92 Å². The maximum Gasteiger partial charge on any atom is 0.306 e. The van der Waals surface area contributed by atoms with Crippen molar-refractivity contribution in [3.8, 4) is 0 Å². The number of cyclic esters (lactones) is 1. The fourth-order valence-corrected chi connectivity index (χ4v) is 1.40. The summed E-state index contributed by atoms with van der Waals surface area (Å²) in [5.74, 6) is 1.42. The molecule has 2 aliphatic rings. The SMILES string of the molecule is O=C1CC(C2CC2)CO1. The lowest BCUT2D eigenvalue weighted by Crippen LogP contribution is -2.00. The van der Waals surface area contributed by atoms with Gasteiger partial charge < -0.3 is 4.74 Å². The molecule has 9 heavy (non-hydrogen) atoms. The molecule has 1 saturated heterocycles. The monoisotopic (exact) mass is 126 g/mol. The van der Waals surface area contributed by atoms with Gasteiger partial charge in [-0.1, -0.05) is 0 Å². The zero-order chi connectivity index (χ0) is 6.27. The molecule has 2 nitrogen and oxygen atoms in total. The average molecular weight is 126 g/mol. The molecule has 1 aliphatic heterocycles. The van der Waals surface area contributed by atoms with Crippen molar-refractivity contribution in [2.45, 2.75) is 19.3 Å². The molecule has 0 aromatic heterocycles. The van der Waals surface area contributed by atoms with Crippen LogP contribution in [0, 0.1) is 11.8 Å². The van der Waals surface area contributed by atoms with Crippen LogP contribution in [0.2, 0.25) is 0 Å². The number of hydrogen-bond donors (Lipinski definition) is 0. The van der Waals surface area contributed by atoms with Gasteiger partial charge in [0.1, 0.15) is 0 Å². The third-order valence-corrected chi connectivity index (χ3v) is 2.18. The largest absolute Gasteiger partial charge is 0.465 e. The Morgan fingerprint density at radius 3 is 2.56 bits per heavy atom. The van der Waals surface area contributed by atoms with Gasteiger partial charge in [-0.25, -0.2) is 0 Å². The number of ether oxygens (including phenoxy) is 1. The van der Waals surface area contributed by atoms with Gasteiger partial charge in [0.25, 0.3) is 0 Å². The van der Waals surface area contributed by atoms with Crippen LogP contribution in [0.1, 0.15) is 19.3 Å². The van der Waals surface area contributed by atoms with E-state index in [0.29, 0.717) is 18.9 Å². The fourth-order valence-electron chi connectivity index (χ4n) is 1.40. The second-order valence-electron chi connectivity index (χ2n) is 2.98. The molecule has 2 heteroatoms. The smallest absolute Gasteiger partial charge is 0.306 e. The Hall–Kier alpha value is -0.530. The fraction of sp³-hybridized carbons (Fsp3) is 0.857. The Kier molecular flexibility index (Phi) is 1.01. The molecule has 1 saturated carbocycles.